The topological polar surface area (TPSA) is 35.2 Å². The highest BCUT2D eigenvalue weighted by Gasteiger charge is 2.21. The summed E-state index contributed by atoms with van der Waals surface area (Å²) in [5, 5.41) is 0. The highest BCUT2D eigenvalue weighted by Crippen LogP contribution is 2.28. The Morgan fingerprint density at radius 2 is 2.00 bits per heavy atom. The second kappa shape index (κ2) is 5.46. The van der Waals surface area contributed by atoms with Crippen molar-refractivity contribution in [3.63, 3.8) is 0 Å². The first-order valence-corrected chi connectivity index (χ1v) is 6.22. The van der Waals surface area contributed by atoms with Gasteiger partial charge in [0.05, 0.1) is 12.2 Å². The van der Waals surface area contributed by atoms with Crippen LogP contribution < -0.4 is 5.73 Å². The van der Waals surface area contributed by atoms with E-state index in [2.05, 4.69) is 31.2 Å². The molecule has 1 saturated carbocycles. The lowest BCUT2D eigenvalue weighted by molar-refractivity contribution is -0.00466. The summed E-state index contributed by atoms with van der Waals surface area (Å²) in [7, 11) is 0. The molecule has 1 unspecified atom stereocenters. The lowest BCUT2D eigenvalue weighted by atomic mass is 10.0. The fraction of sp³-hybridized carbons (Fsp3) is 0.571. The zero-order valence-electron chi connectivity index (χ0n) is 9.99. The summed E-state index contributed by atoms with van der Waals surface area (Å²) in [5.41, 5.74) is 8.35. The highest BCUT2D eigenvalue weighted by atomic mass is 16.5. The molecular weight excluding hydrogens is 198 g/mol. The third-order valence-corrected chi connectivity index (χ3v) is 3.41. The molecule has 0 heterocycles. The van der Waals surface area contributed by atoms with E-state index in [1.807, 2.05) is 0 Å². The Morgan fingerprint density at radius 3 is 2.62 bits per heavy atom. The minimum Gasteiger partial charge on any atom is -0.369 e. The van der Waals surface area contributed by atoms with Gasteiger partial charge in [0, 0.05) is 6.54 Å². The van der Waals surface area contributed by atoms with Crippen LogP contribution in [-0.4, -0.2) is 12.6 Å². The molecule has 1 aromatic rings. The van der Waals surface area contributed by atoms with Gasteiger partial charge in [0.15, 0.2) is 0 Å². The van der Waals surface area contributed by atoms with Crippen molar-refractivity contribution in [2.24, 2.45) is 5.73 Å². The molecule has 2 heteroatoms. The van der Waals surface area contributed by atoms with E-state index in [9.17, 15) is 0 Å². The summed E-state index contributed by atoms with van der Waals surface area (Å²) in [6.07, 6.45) is 5.49. The van der Waals surface area contributed by atoms with Crippen molar-refractivity contribution in [1.29, 1.82) is 0 Å². The van der Waals surface area contributed by atoms with Crippen molar-refractivity contribution in [3.8, 4) is 0 Å². The summed E-state index contributed by atoms with van der Waals surface area (Å²) in [6, 6.07) is 8.36. The van der Waals surface area contributed by atoms with Gasteiger partial charge in [-0.3, -0.25) is 0 Å². The van der Waals surface area contributed by atoms with Crippen molar-refractivity contribution >= 4 is 0 Å². The molecule has 0 amide bonds. The van der Waals surface area contributed by atoms with E-state index in [1.165, 1.54) is 36.8 Å². The lowest BCUT2D eigenvalue weighted by Gasteiger charge is -2.22. The van der Waals surface area contributed by atoms with Crippen molar-refractivity contribution in [3.05, 3.63) is 35.4 Å². The molecule has 1 aliphatic rings. The second-order valence-corrected chi connectivity index (χ2v) is 4.62. The number of benzene rings is 1. The summed E-state index contributed by atoms with van der Waals surface area (Å²) < 4.78 is 6.10. The Morgan fingerprint density at radius 1 is 1.31 bits per heavy atom. The largest absolute Gasteiger partial charge is 0.369 e. The van der Waals surface area contributed by atoms with Crippen LogP contribution in [0, 0.1) is 6.92 Å². The van der Waals surface area contributed by atoms with E-state index >= 15 is 0 Å². The maximum atomic E-state index is 6.10. The molecule has 1 aromatic carbocycles. The number of aryl methyl sites for hydroxylation is 1. The number of rotatable bonds is 4. The van der Waals surface area contributed by atoms with Gasteiger partial charge in [-0.05, 0) is 30.9 Å². The first-order valence-electron chi connectivity index (χ1n) is 6.22. The van der Waals surface area contributed by atoms with Crippen molar-refractivity contribution in [1.82, 2.24) is 0 Å². The highest BCUT2D eigenvalue weighted by molar-refractivity contribution is 5.28. The maximum absolute atomic E-state index is 6.10. The molecule has 0 saturated heterocycles. The molecule has 2 rings (SSSR count). The molecule has 1 atom stereocenters. The first kappa shape index (κ1) is 11.6. The van der Waals surface area contributed by atoms with Crippen LogP contribution in [0.25, 0.3) is 0 Å². The molecule has 0 radical (unpaired) electrons. The van der Waals surface area contributed by atoms with E-state index in [-0.39, 0.29) is 6.10 Å². The Labute approximate surface area is 97.8 Å². The zero-order valence-corrected chi connectivity index (χ0v) is 9.99. The molecule has 1 fully saturated rings. The summed E-state index contributed by atoms with van der Waals surface area (Å²) in [6.45, 7) is 2.69. The Kier molecular flexibility index (Phi) is 3.97. The van der Waals surface area contributed by atoms with Gasteiger partial charge in [-0.15, -0.1) is 0 Å². The number of hydrogen-bond donors (Lipinski definition) is 1. The molecule has 0 bridgehead atoms. The predicted octanol–water partition coefficient (Wildman–Crippen LogP) is 2.95. The third kappa shape index (κ3) is 2.63. The van der Waals surface area contributed by atoms with Crippen LogP contribution in [0.5, 0.6) is 0 Å². The quantitative estimate of drug-likeness (QED) is 0.845. The lowest BCUT2D eigenvalue weighted by Crippen LogP contribution is -2.21. The minimum atomic E-state index is 0.0734. The maximum Gasteiger partial charge on any atom is 0.0953 e. The summed E-state index contributed by atoms with van der Waals surface area (Å²) in [4.78, 5) is 0. The standard InChI is InChI=1S/C14H21NO/c1-11-6-2-5-9-13(11)14(10-15)16-12-7-3-4-8-12/h2,5-6,9,12,14H,3-4,7-8,10,15H2,1H3. The van der Waals surface area contributed by atoms with Gasteiger partial charge < -0.3 is 10.5 Å². The van der Waals surface area contributed by atoms with Gasteiger partial charge in [-0.2, -0.15) is 0 Å². The van der Waals surface area contributed by atoms with Gasteiger partial charge in [0.25, 0.3) is 0 Å². The molecular formula is C14H21NO. The Bertz CT molecular complexity index is 331. The normalized spacial score (nSPS) is 18.9. The van der Waals surface area contributed by atoms with Gasteiger partial charge in [-0.1, -0.05) is 37.1 Å². The SMILES string of the molecule is Cc1ccccc1C(CN)OC1CCCC1. The first-order chi connectivity index (χ1) is 7.81. The average molecular weight is 219 g/mol. The molecule has 2 N–H and O–H groups in total. The Balaban J connectivity index is 2.06. The molecule has 1 aliphatic carbocycles. The van der Waals surface area contributed by atoms with Crippen LogP contribution in [0.4, 0.5) is 0 Å². The van der Waals surface area contributed by atoms with Gasteiger partial charge in [0.2, 0.25) is 0 Å². The molecule has 88 valence electrons. The van der Waals surface area contributed by atoms with Crippen molar-refractivity contribution in [2.45, 2.75) is 44.8 Å². The predicted molar refractivity (Wildman–Crippen MR) is 66.3 cm³/mol. The van der Waals surface area contributed by atoms with Crippen LogP contribution in [0.3, 0.4) is 0 Å². The van der Waals surface area contributed by atoms with Crippen LogP contribution in [-0.2, 0) is 4.74 Å². The number of hydrogen-bond acceptors (Lipinski definition) is 2. The van der Waals surface area contributed by atoms with Gasteiger partial charge in [0.1, 0.15) is 0 Å². The number of nitrogens with two attached hydrogens (primary N) is 1. The molecule has 2 nitrogen and oxygen atoms in total. The molecule has 0 aliphatic heterocycles. The van der Waals surface area contributed by atoms with Crippen molar-refractivity contribution in [2.75, 3.05) is 6.54 Å². The third-order valence-electron chi connectivity index (χ3n) is 3.41. The van der Waals surface area contributed by atoms with Crippen LogP contribution >= 0.6 is 0 Å². The van der Waals surface area contributed by atoms with E-state index in [1.54, 1.807) is 0 Å². The van der Waals surface area contributed by atoms with Crippen molar-refractivity contribution < 1.29 is 4.74 Å². The van der Waals surface area contributed by atoms with E-state index < -0.39 is 0 Å². The van der Waals surface area contributed by atoms with Crippen LogP contribution in [0.1, 0.15) is 42.9 Å². The zero-order chi connectivity index (χ0) is 11.4. The Hall–Kier alpha value is -0.860. The average Bonchev–Trinajstić information content (AvgIpc) is 2.80. The fourth-order valence-electron chi connectivity index (χ4n) is 2.46. The van der Waals surface area contributed by atoms with E-state index in [4.69, 9.17) is 10.5 Å². The van der Waals surface area contributed by atoms with Gasteiger partial charge in [-0.25, -0.2) is 0 Å². The molecule has 0 spiro atoms. The molecule has 0 aromatic heterocycles. The fourth-order valence-corrected chi connectivity index (χ4v) is 2.46. The van der Waals surface area contributed by atoms with Crippen LogP contribution in [0.2, 0.25) is 0 Å². The molecule has 16 heavy (non-hydrogen) atoms. The second-order valence-electron chi connectivity index (χ2n) is 4.62. The summed E-state index contributed by atoms with van der Waals surface area (Å²) in [5.74, 6) is 0. The van der Waals surface area contributed by atoms with E-state index in [0.717, 1.165) is 0 Å². The van der Waals surface area contributed by atoms with Crippen LogP contribution in [0.15, 0.2) is 24.3 Å². The minimum absolute atomic E-state index is 0.0734. The summed E-state index contributed by atoms with van der Waals surface area (Å²) >= 11 is 0. The number of ether oxygens (including phenoxy) is 1. The monoisotopic (exact) mass is 219 g/mol. The smallest absolute Gasteiger partial charge is 0.0953 e. The van der Waals surface area contributed by atoms with E-state index in [0.29, 0.717) is 12.6 Å². The van der Waals surface area contributed by atoms with Gasteiger partial charge >= 0.3 is 0 Å².